The van der Waals surface area contributed by atoms with Crippen LogP contribution in [-0.4, -0.2) is 20.0 Å². The van der Waals surface area contributed by atoms with Crippen molar-refractivity contribution in [2.45, 2.75) is 32.6 Å². The van der Waals surface area contributed by atoms with E-state index in [4.69, 9.17) is 9.47 Å². The zero-order valence-electron chi connectivity index (χ0n) is 12.6. The van der Waals surface area contributed by atoms with Crippen molar-refractivity contribution in [1.82, 2.24) is 0 Å². The van der Waals surface area contributed by atoms with Crippen LogP contribution in [0.15, 0.2) is 29.8 Å². The van der Waals surface area contributed by atoms with Gasteiger partial charge >= 0.3 is 0 Å². The summed E-state index contributed by atoms with van der Waals surface area (Å²) in [6.07, 6.45) is 4.07. The molecule has 1 aliphatic carbocycles. The predicted octanol–water partition coefficient (Wildman–Crippen LogP) is 3.73. The van der Waals surface area contributed by atoms with Gasteiger partial charge in [-0.1, -0.05) is 17.7 Å². The molecule has 1 aromatic rings. The van der Waals surface area contributed by atoms with Crippen LogP contribution in [0.2, 0.25) is 0 Å². The third kappa shape index (κ3) is 2.72. The maximum atomic E-state index is 12.0. The summed E-state index contributed by atoms with van der Waals surface area (Å²) in [5, 5.41) is 0. The quantitative estimate of drug-likeness (QED) is 0.785. The second-order valence-electron chi connectivity index (χ2n) is 5.37. The van der Waals surface area contributed by atoms with Crippen molar-refractivity contribution in [3.63, 3.8) is 0 Å². The molecule has 2 rings (SSSR count). The minimum atomic E-state index is 0.00361. The number of ketones is 1. The first-order valence-electron chi connectivity index (χ1n) is 6.97. The summed E-state index contributed by atoms with van der Waals surface area (Å²) in [6, 6.07) is 5.75. The molecule has 3 heteroatoms. The number of hydrogen-bond donors (Lipinski definition) is 0. The normalized spacial score (nSPS) is 22.1. The lowest BCUT2D eigenvalue weighted by Crippen LogP contribution is -2.23. The molecule has 0 saturated heterocycles. The maximum Gasteiger partial charge on any atom is 0.133 e. The van der Waals surface area contributed by atoms with Crippen LogP contribution in [0.25, 0.3) is 0 Å². The van der Waals surface area contributed by atoms with Crippen molar-refractivity contribution >= 4 is 5.78 Å². The molecule has 108 valence electrons. The van der Waals surface area contributed by atoms with E-state index in [-0.39, 0.29) is 17.6 Å². The standard InChI is InChI=1S/C17H22O3/c1-11-8-9-13(12(2)18)14(10-11)17-15(19-3)6-5-7-16(17)20-4/h5-7,10,13-14H,8-9H2,1-4H3/t13-,14-/m1/s1. The number of methoxy groups -OCH3 is 2. The molecule has 3 nitrogen and oxygen atoms in total. The summed E-state index contributed by atoms with van der Waals surface area (Å²) in [5.41, 5.74) is 2.30. The lowest BCUT2D eigenvalue weighted by atomic mass is 9.75. The highest BCUT2D eigenvalue weighted by Gasteiger charge is 2.32. The van der Waals surface area contributed by atoms with Gasteiger partial charge in [0, 0.05) is 17.4 Å². The molecule has 1 aliphatic rings. The van der Waals surface area contributed by atoms with Crippen molar-refractivity contribution in [1.29, 1.82) is 0 Å². The summed E-state index contributed by atoms with van der Waals surface area (Å²) in [7, 11) is 3.31. The van der Waals surface area contributed by atoms with Gasteiger partial charge in [-0.2, -0.15) is 0 Å². The predicted molar refractivity (Wildman–Crippen MR) is 79.4 cm³/mol. The van der Waals surface area contributed by atoms with Crippen LogP contribution in [0.1, 0.15) is 38.2 Å². The number of hydrogen-bond acceptors (Lipinski definition) is 3. The molecule has 0 spiro atoms. The Morgan fingerprint density at radius 3 is 2.30 bits per heavy atom. The average molecular weight is 274 g/mol. The SMILES string of the molecule is COc1cccc(OC)c1[C@@H]1C=C(C)CC[C@@H]1C(C)=O. The molecule has 0 saturated carbocycles. The Balaban J connectivity index is 2.56. The third-order valence-corrected chi connectivity index (χ3v) is 4.07. The molecule has 0 bridgehead atoms. The van der Waals surface area contributed by atoms with Crippen LogP contribution >= 0.6 is 0 Å². The highest BCUT2D eigenvalue weighted by molar-refractivity contribution is 5.80. The van der Waals surface area contributed by atoms with Crippen LogP contribution in [0, 0.1) is 5.92 Å². The Morgan fingerprint density at radius 2 is 1.80 bits per heavy atom. The van der Waals surface area contributed by atoms with Gasteiger partial charge < -0.3 is 9.47 Å². The van der Waals surface area contributed by atoms with Crippen molar-refractivity contribution < 1.29 is 14.3 Å². The second-order valence-corrected chi connectivity index (χ2v) is 5.37. The molecular formula is C17H22O3. The number of benzene rings is 1. The Bertz CT molecular complexity index is 509. The molecule has 0 N–H and O–H groups in total. The van der Waals surface area contributed by atoms with E-state index < -0.39 is 0 Å². The fourth-order valence-corrected chi connectivity index (χ4v) is 3.02. The second kappa shape index (κ2) is 6.12. The molecule has 0 fully saturated rings. The van der Waals surface area contributed by atoms with Crippen LogP contribution in [0.3, 0.4) is 0 Å². The Hall–Kier alpha value is -1.77. The summed E-state index contributed by atoms with van der Waals surface area (Å²) in [5.74, 6) is 1.83. The minimum absolute atomic E-state index is 0.00361. The van der Waals surface area contributed by atoms with E-state index in [9.17, 15) is 4.79 Å². The van der Waals surface area contributed by atoms with E-state index in [1.54, 1.807) is 21.1 Å². The molecule has 0 heterocycles. The first-order chi connectivity index (χ1) is 9.58. The van der Waals surface area contributed by atoms with E-state index in [0.29, 0.717) is 0 Å². The molecule has 0 amide bonds. The topological polar surface area (TPSA) is 35.5 Å². The van der Waals surface area contributed by atoms with Crippen molar-refractivity contribution in [3.05, 3.63) is 35.4 Å². The van der Waals surface area contributed by atoms with Gasteiger partial charge in [0.05, 0.1) is 14.2 Å². The summed E-state index contributed by atoms with van der Waals surface area (Å²) < 4.78 is 11.0. The van der Waals surface area contributed by atoms with Crippen LogP contribution in [0.5, 0.6) is 11.5 Å². The maximum absolute atomic E-state index is 12.0. The first kappa shape index (κ1) is 14.6. The molecule has 2 atom stereocenters. The van der Waals surface area contributed by atoms with Crippen molar-refractivity contribution in [2.24, 2.45) is 5.92 Å². The van der Waals surface area contributed by atoms with Gasteiger partial charge in [0.2, 0.25) is 0 Å². The lowest BCUT2D eigenvalue weighted by Gasteiger charge is -2.30. The zero-order chi connectivity index (χ0) is 14.7. The molecule has 0 unspecified atom stereocenters. The number of carbonyl (C=O) groups is 1. The first-order valence-corrected chi connectivity index (χ1v) is 6.97. The third-order valence-electron chi connectivity index (χ3n) is 4.07. The van der Waals surface area contributed by atoms with Gasteiger partial charge in [0.15, 0.2) is 0 Å². The molecule has 0 radical (unpaired) electrons. The van der Waals surface area contributed by atoms with E-state index in [1.165, 1.54) is 5.57 Å². The summed E-state index contributed by atoms with van der Waals surface area (Å²) in [6.45, 7) is 3.79. The Morgan fingerprint density at radius 1 is 1.20 bits per heavy atom. The fourth-order valence-electron chi connectivity index (χ4n) is 3.02. The van der Waals surface area contributed by atoms with Crippen molar-refractivity contribution in [3.8, 4) is 11.5 Å². The van der Waals surface area contributed by atoms with Gasteiger partial charge in [-0.3, -0.25) is 4.79 Å². The molecule has 0 aromatic heterocycles. The lowest BCUT2D eigenvalue weighted by molar-refractivity contribution is -0.121. The molecular weight excluding hydrogens is 252 g/mol. The summed E-state index contributed by atoms with van der Waals surface area (Å²) >= 11 is 0. The number of carbonyl (C=O) groups excluding carboxylic acids is 1. The van der Waals surface area contributed by atoms with Gasteiger partial charge in [-0.05, 0) is 38.8 Å². The van der Waals surface area contributed by atoms with E-state index in [1.807, 2.05) is 18.2 Å². The minimum Gasteiger partial charge on any atom is -0.496 e. The highest BCUT2D eigenvalue weighted by Crippen LogP contribution is 2.44. The van der Waals surface area contributed by atoms with Gasteiger partial charge in [0.1, 0.15) is 17.3 Å². The largest absolute Gasteiger partial charge is 0.496 e. The van der Waals surface area contributed by atoms with E-state index in [0.717, 1.165) is 29.9 Å². The van der Waals surface area contributed by atoms with Crippen LogP contribution in [-0.2, 0) is 4.79 Å². The van der Waals surface area contributed by atoms with Crippen LogP contribution in [0.4, 0.5) is 0 Å². The number of Topliss-reactive ketones (excluding diaryl/α,β-unsaturated/α-hetero) is 1. The zero-order valence-corrected chi connectivity index (χ0v) is 12.6. The van der Waals surface area contributed by atoms with Crippen molar-refractivity contribution in [2.75, 3.05) is 14.2 Å². The monoisotopic (exact) mass is 274 g/mol. The Kier molecular flexibility index (Phi) is 4.48. The van der Waals surface area contributed by atoms with Gasteiger partial charge in [-0.25, -0.2) is 0 Å². The molecule has 1 aromatic carbocycles. The van der Waals surface area contributed by atoms with Crippen LogP contribution < -0.4 is 9.47 Å². The van der Waals surface area contributed by atoms with E-state index >= 15 is 0 Å². The molecule has 20 heavy (non-hydrogen) atoms. The van der Waals surface area contributed by atoms with Gasteiger partial charge in [0.25, 0.3) is 0 Å². The highest BCUT2D eigenvalue weighted by atomic mass is 16.5. The van der Waals surface area contributed by atoms with E-state index in [2.05, 4.69) is 13.0 Å². The number of rotatable bonds is 4. The fraction of sp³-hybridized carbons (Fsp3) is 0.471. The molecule has 0 aliphatic heterocycles. The smallest absolute Gasteiger partial charge is 0.133 e. The average Bonchev–Trinajstić information content (AvgIpc) is 2.45. The van der Waals surface area contributed by atoms with Gasteiger partial charge in [-0.15, -0.1) is 0 Å². The Labute approximate surface area is 120 Å². The number of ether oxygens (including phenoxy) is 2. The summed E-state index contributed by atoms with van der Waals surface area (Å²) in [4.78, 5) is 12.0. The number of allylic oxidation sites excluding steroid dienone is 2.